The van der Waals surface area contributed by atoms with Gasteiger partial charge in [0, 0.05) is 11.3 Å². The lowest BCUT2D eigenvalue weighted by Gasteiger charge is -2.24. The summed E-state index contributed by atoms with van der Waals surface area (Å²) in [7, 11) is 0. The smallest absolute Gasteiger partial charge is 0.127 e. The Morgan fingerprint density at radius 3 is 2.67 bits per heavy atom. The Balaban J connectivity index is 2.55. The summed E-state index contributed by atoms with van der Waals surface area (Å²) in [6, 6.07) is 8.22. The summed E-state index contributed by atoms with van der Waals surface area (Å²) in [4.78, 5) is 4.65. The number of benzene rings is 1. The van der Waals surface area contributed by atoms with E-state index in [0.717, 1.165) is 17.9 Å². The standard InChI is InChI=1S/C14H19ClN2S/c1-10(15)13-16-11-7-5-6-8-12(11)17(13)9-14(2,3)18-4/h5-8,10H,9H2,1-4H3. The molecule has 0 spiro atoms. The first-order valence-corrected chi connectivity index (χ1v) is 7.75. The van der Waals surface area contributed by atoms with Crippen LogP contribution in [0.2, 0.25) is 0 Å². The lowest BCUT2D eigenvalue weighted by Crippen LogP contribution is -2.23. The van der Waals surface area contributed by atoms with Gasteiger partial charge in [-0.05, 0) is 39.2 Å². The van der Waals surface area contributed by atoms with Crippen LogP contribution in [-0.2, 0) is 6.54 Å². The van der Waals surface area contributed by atoms with Gasteiger partial charge < -0.3 is 4.57 Å². The number of alkyl halides is 1. The third-order valence-corrected chi connectivity index (χ3v) is 4.56. The summed E-state index contributed by atoms with van der Waals surface area (Å²) in [5, 5.41) is -0.0740. The number of aromatic nitrogens is 2. The Kier molecular flexibility index (Phi) is 3.93. The fourth-order valence-electron chi connectivity index (χ4n) is 2.01. The van der Waals surface area contributed by atoms with E-state index in [1.54, 1.807) is 0 Å². The highest BCUT2D eigenvalue weighted by molar-refractivity contribution is 7.99. The maximum absolute atomic E-state index is 6.26. The van der Waals surface area contributed by atoms with Crippen molar-refractivity contribution in [3.8, 4) is 0 Å². The first kappa shape index (κ1) is 13.8. The van der Waals surface area contributed by atoms with Crippen LogP contribution in [0.5, 0.6) is 0 Å². The minimum Gasteiger partial charge on any atom is -0.325 e. The molecule has 0 radical (unpaired) electrons. The number of para-hydroxylation sites is 2. The van der Waals surface area contributed by atoms with Crippen LogP contribution in [0.15, 0.2) is 24.3 Å². The van der Waals surface area contributed by atoms with E-state index in [-0.39, 0.29) is 10.1 Å². The Labute approximate surface area is 118 Å². The maximum Gasteiger partial charge on any atom is 0.127 e. The molecule has 98 valence electrons. The summed E-state index contributed by atoms with van der Waals surface area (Å²) in [5.74, 6) is 0.958. The van der Waals surface area contributed by atoms with E-state index in [1.165, 1.54) is 5.52 Å². The van der Waals surface area contributed by atoms with Gasteiger partial charge >= 0.3 is 0 Å². The molecule has 0 saturated carbocycles. The molecule has 4 heteroatoms. The van der Waals surface area contributed by atoms with Gasteiger partial charge in [-0.25, -0.2) is 4.98 Å². The van der Waals surface area contributed by atoms with E-state index >= 15 is 0 Å². The molecule has 0 aliphatic carbocycles. The highest BCUT2D eigenvalue weighted by atomic mass is 35.5. The van der Waals surface area contributed by atoms with Crippen LogP contribution in [0.4, 0.5) is 0 Å². The molecule has 1 unspecified atom stereocenters. The molecule has 0 aliphatic rings. The SMILES string of the molecule is CSC(C)(C)Cn1c(C(C)Cl)nc2ccccc21. The second kappa shape index (κ2) is 5.14. The van der Waals surface area contributed by atoms with Gasteiger partial charge in [-0.3, -0.25) is 0 Å². The minimum atomic E-state index is -0.0740. The van der Waals surface area contributed by atoms with Crippen LogP contribution in [0, 0.1) is 0 Å². The maximum atomic E-state index is 6.26. The van der Waals surface area contributed by atoms with Crippen molar-refractivity contribution in [2.24, 2.45) is 0 Å². The highest BCUT2D eigenvalue weighted by Crippen LogP contribution is 2.30. The summed E-state index contributed by atoms with van der Waals surface area (Å²) in [5.41, 5.74) is 2.19. The molecule has 1 aromatic carbocycles. The van der Waals surface area contributed by atoms with Gasteiger partial charge in [-0.1, -0.05) is 12.1 Å². The monoisotopic (exact) mass is 282 g/mol. The van der Waals surface area contributed by atoms with E-state index in [0.29, 0.717) is 0 Å². The zero-order valence-electron chi connectivity index (χ0n) is 11.3. The van der Waals surface area contributed by atoms with Gasteiger partial charge in [-0.15, -0.1) is 11.6 Å². The van der Waals surface area contributed by atoms with Crippen molar-refractivity contribution >= 4 is 34.4 Å². The molecule has 1 atom stereocenters. The largest absolute Gasteiger partial charge is 0.325 e. The summed E-state index contributed by atoms with van der Waals surface area (Å²) in [6.07, 6.45) is 2.14. The number of nitrogens with zero attached hydrogens (tertiary/aromatic N) is 2. The summed E-state index contributed by atoms with van der Waals surface area (Å²) in [6.45, 7) is 7.39. The minimum absolute atomic E-state index is 0.0740. The fraction of sp³-hybridized carbons (Fsp3) is 0.500. The Morgan fingerprint density at radius 2 is 2.06 bits per heavy atom. The Bertz CT molecular complexity index is 546. The van der Waals surface area contributed by atoms with E-state index in [1.807, 2.05) is 30.8 Å². The Morgan fingerprint density at radius 1 is 1.39 bits per heavy atom. The van der Waals surface area contributed by atoms with Crippen LogP contribution in [-0.4, -0.2) is 20.6 Å². The van der Waals surface area contributed by atoms with Crippen LogP contribution >= 0.6 is 23.4 Å². The molecule has 2 rings (SSSR count). The zero-order valence-corrected chi connectivity index (χ0v) is 12.8. The molecule has 18 heavy (non-hydrogen) atoms. The van der Waals surface area contributed by atoms with Gasteiger partial charge in [0.1, 0.15) is 5.82 Å². The predicted molar refractivity (Wildman–Crippen MR) is 81.6 cm³/mol. The molecule has 2 nitrogen and oxygen atoms in total. The molecule has 1 aromatic heterocycles. The topological polar surface area (TPSA) is 17.8 Å². The summed E-state index contributed by atoms with van der Waals surface area (Å²) >= 11 is 8.12. The highest BCUT2D eigenvalue weighted by Gasteiger charge is 2.22. The number of imidazole rings is 1. The third kappa shape index (κ3) is 2.67. The fourth-order valence-corrected chi connectivity index (χ4v) is 2.43. The van der Waals surface area contributed by atoms with Gasteiger partial charge in [0.2, 0.25) is 0 Å². The second-order valence-electron chi connectivity index (χ2n) is 5.12. The van der Waals surface area contributed by atoms with E-state index in [2.05, 4.69) is 41.8 Å². The second-order valence-corrected chi connectivity index (χ2v) is 7.29. The lowest BCUT2D eigenvalue weighted by molar-refractivity contribution is 0.559. The van der Waals surface area contributed by atoms with E-state index in [9.17, 15) is 0 Å². The predicted octanol–water partition coefficient (Wildman–Crippen LogP) is 4.48. The lowest BCUT2D eigenvalue weighted by atomic mass is 10.2. The Hall–Kier alpha value is -0.670. The first-order chi connectivity index (χ1) is 8.44. The van der Waals surface area contributed by atoms with Crippen molar-refractivity contribution in [2.45, 2.75) is 37.4 Å². The van der Waals surface area contributed by atoms with Crippen molar-refractivity contribution in [1.82, 2.24) is 9.55 Å². The molecule has 0 fully saturated rings. The number of halogens is 1. The van der Waals surface area contributed by atoms with Crippen LogP contribution in [0.25, 0.3) is 11.0 Å². The van der Waals surface area contributed by atoms with E-state index in [4.69, 9.17) is 11.6 Å². The molecular formula is C14H19ClN2S. The van der Waals surface area contributed by atoms with Gasteiger partial charge in [0.15, 0.2) is 0 Å². The number of hydrogen-bond acceptors (Lipinski definition) is 2. The first-order valence-electron chi connectivity index (χ1n) is 6.09. The normalized spacial score (nSPS) is 14.1. The molecule has 2 aromatic rings. The average Bonchev–Trinajstić information content (AvgIpc) is 2.68. The van der Waals surface area contributed by atoms with Crippen LogP contribution < -0.4 is 0 Å². The van der Waals surface area contributed by atoms with Crippen molar-refractivity contribution in [3.05, 3.63) is 30.1 Å². The van der Waals surface area contributed by atoms with Crippen molar-refractivity contribution in [3.63, 3.8) is 0 Å². The van der Waals surface area contributed by atoms with Gasteiger partial charge in [-0.2, -0.15) is 11.8 Å². The molecule has 0 saturated heterocycles. The molecule has 0 bridgehead atoms. The third-order valence-electron chi connectivity index (χ3n) is 3.13. The molecular weight excluding hydrogens is 264 g/mol. The summed E-state index contributed by atoms with van der Waals surface area (Å²) < 4.78 is 2.42. The van der Waals surface area contributed by atoms with Crippen molar-refractivity contribution in [2.75, 3.05) is 6.26 Å². The van der Waals surface area contributed by atoms with Crippen molar-refractivity contribution in [1.29, 1.82) is 0 Å². The quantitative estimate of drug-likeness (QED) is 0.770. The number of fused-ring (bicyclic) bond motifs is 1. The molecule has 0 amide bonds. The average molecular weight is 283 g/mol. The van der Waals surface area contributed by atoms with Gasteiger partial charge in [0.05, 0.1) is 16.4 Å². The van der Waals surface area contributed by atoms with Crippen LogP contribution in [0.1, 0.15) is 32.0 Å². The number of thioether (sulfide) groups is 1. The van der Waals surface area contributed by atoms with E-state index < -0.39 is 0 Å². The van der Waals surface area contributed by atoms with Crippen LogP contribution in [0.3, 0.4) is 0 Å². The van der Waals surface area contributed by atoms with Gasteiger partial charge in [0.25, 0.3) is 0 Å². The molecule has 1 heterocycles. The van der Waals surface area contributed by atoms with Crippen molar-refractivity contribution < 1.29 is 0 Å². The number of rotatable bonds is 4. The molecule has 0 N–H and O–H groups in total. The molecule has 0 aliphatic heterocycles. The zero-order chi connectivity index (χ0) is 13.3. The number of hydrogen-bond donors (Lipinski definition) is 0.